The van der Waals surface area contributed by atoms with E-state index in [0.717, 1.165) is 17.8 Å². The lowest BCUT2D eigenvalue weighted by Gasteiger charge is -2.33. The van der Waals surface area contributed by atoms with Gasteiger partial charge >= 0.3 is 6.18 Å². The van der Waals surface area contributed by atoms with E-state index in [1.807, 2.05) is 4.90 Å². The van der Waals surface area contributed by atoms with Crippen molar-refractivity contribution in [2.45, 2.75) is 31.5 Å². The molecule has 1 aromatic heterocycles. The topological polar surface area (TPSA) is 63.7 Å². The number of amides is 1. The van der Waals surface area contributed by atoms with Crippen molar-refractivity contribution in [1.29, 1.82) is 0 Å². The van der Waals surface area contributed by atoms with Crippen LogP contribution in [0, 0.1) is 0 Å². The van der Waals surface area contributed by atoms with Crippen molar-refractivity contribution >= 4 is 11.7 Å². The van der Waals surface area contributed by atoms with Crippen molar-refractivity contribution in [3.63, 3.8) is 0 Å². The van der Waals surface area contributed by atoms with E-state index >= 15 is 0 Å². The number of pyridine rings is 1. The molecule has 1 aromatic carbocycles. The summed E-state index contributed by atoms with van der Waals surface area (Å²) < 4.78 is 48.5. The van der Waals surface area contributed by atoms with Crippen molar-refractivity contribution < 1.29 is 27.4 Å². The smallest absolute Gasteiger partial charge is 0.417 e. The van der Waals surface area contributed by atoms with Gasteiger partial charge in [-0.3, -0.25) is 4.79 Å². The van der Waals surface area contributed by atoms with Crippen LogP contribution in [0.1, 0.15) is 24.0 Å². The first-order valence-electron chi connectivity index (χ1n) is 9.58. The Labute approximate surface area is 173 Å². The molecule has 0 saturated carbocycles. The Balaban J connectivity index is 1.51. The molecule has 0 spiro atoms. The van der Waals surface area contributed by atoms with Gasteiger partial charge in [0.05, 0.1) is 26.2 Å². The molecule has 1 aliphatic rings. The molecule has 0 bridgehead atoms. The number of nitrogens with zero attached hydrogens (tertiary/aromatic N) is 2. The predicted molar refractivity (Wildman–Crippen MR) is 106 cm³/mol. The number of aromatic nitrogens is 1. The number of alkyl halides is 3. The van der Waals surface area contributed by atoms with Crippen molar-refractivity contribution in [2.24, 2.45) is 0 Å². The molecule has 0 atom stereocenters. The number of piperidine rings is 1. The number of halogens is 3. The third-order valence-electron chi connectivity index (χ3n) is 5.10. The van der Waals surface area contributed by atoms with E-state index in [1.165, 1.54) is 6.07 Å². The first-order chi connectivity index (χ1) is 14.3. The number of methoxy groups -OCH3 is 2. The van der Waals surface area contributed by atoms with Gasteiger partial charge < -0.3 is 19.7 Å². The highest BCUT2D eigenvalue weighted by Crippen LogP contribution is 2.30. The average molecular weight is 423 g/mol. The summed E-state index contributed by atoms with van der Waals surface area (Å²) >= 11 is 0. The highest BCUT2D eigenvalue weighted by Gasteiger charge is 2.31. The fourth-order valence-corrected chi connectivity index (χ4v) is 3.44. The molecule has 1 aliphatic heterocycles. The van der Waals surface area contributed by atoms with Gasteiger partial charge in [-0.2, -0.15) is 13.2 Å². The molecule has 0 unspecified atom stereocenters. The summed E-state index contributed by atoms with van der Waals surface area (Å²) in [4.78, 5) is 18.3. The zero-order chi connectivity index (χ0) is 21.7. The van der Waals surface area contributed by atoms with Crippen molar-refractivity contribution in [1.82, 2.24) is 10.3 Å². The third-order valence-corrected chi connectivity index (χ3v) is 5.10. The summed E-state index contributed by atoms with van der Waals surface area (Å²) in [5.41, 5.74) is 0.00421. The van der Waals surface area contributed by atoms with Crippen LogP contribution in [-0.4, -0.2) is 44.2 Å². The van der Waals surface area contributed by atoms with Crippen LogP contribution >= 0.6 is 0 Å². The number of carbonyl (C=O) groups is 1. The van der Waals surface area contributed by atoms with Crippen LogP contribution in [-0.2, 0) is 17.4 Å². The molecule has 6 nitrogen and oxygen atoms in total. The predicted octanol–water partition coefficient (Wildman–Crippen LogP) is 3.45. The highest BCUT2D eigenvalue weighted by molar-refractivity contribution is 5.79. The number of hydrogen-bond acceptors (Lipinski definition) is 5. The van der Waals surface area contributed by atoms with Gasteiger partial charge in [-0.05, 0) is 31.0 Å². The van der Waals surface area contributed by atoms with Gasteiger partial charge in [-0.1, -0.05) is 6.07 Å². The Hall–Kier alpha value is -2.97. The highest BCUT2D eigenvalue weighted by atomic mass is 19.4. The number of anilines is 1. The molecular weight excluding hydrogens is 399 g/mol. The second-order valence-electron chi connectivity index (χ2n) is 7.09. The maximum Gasteiger partial charge on any atom is 0.417 e. The molecule has 0 aliphatic carbocycles. The molecule has 0 radical (unpaired) electrons. The van der Waals surface area contributed by atoms with Gasteiger partial charge in [0.15, 0.2) is 0 Å². The maximum absolute atomic E-state index is 12.7. The Morgan fingerprint density at radius 1 is 1.17 bits per heavy atom. The Kier molecular flexibility index (Phi) is 6.69. The number of carbonyl (C=O) groups excluding carboxylic acids is 1. The Morgan fingerprint density at radius 3 is 2.47 bits per heavy atom. The van der Waals surface area contributed by atoms with E-state index in [1.54, 1.807) is 32.4 Å². The van der Waals surface area contributed by atoms with Crippen LogP contribution in [0.5, 0.6) is 11.5 Å². The van der Waals surface area contributed by atoms with Gasteiger partial charge in [-0.25, -0.2) is 4.98 Å². The molecule has 2 heterocycles. The molecule has 9 heteroatoms. The number of hydrogen-bond donors (Lipinski definition) is 1. The minimum atomic E-state index is -4.39. The van der Waals surface area contributed by atoms with Gasteiger partial charge in [0.25, 0.3) is 0 Å². The van der Waals surface area contributed by atoms with Crippen LogP contribution in [0.2, 0.25) is 0 Å². The lowest BCUT2D eigenvalue weighted by molar-refractivity contribution is -0.137. The molecular formula is C21H24F3N3O3. The number of rotatable bonds is 6. The molecule has 1 N–H and O–H groups in total. The molecule has 1 amide bonds. The van der Waals surface area contributed by atoms with Gasteiger partial charge in [0.2, 0.25) is 5.91 Å². The lowest BCUT2D eigenvalue weighted by Crippen LogP contribution is -2.45. The fraction of sp³-hybridized carbons (Fsp3) is 0.429. The summed E-state index contributed by atoms with van der Waals surface area (Å²) in [6.45, 7) is 1.21. The summed E-state index contributed by atoms with van der Waals surface area (Å²) in [6.07, 6.45) is -1.98. The molecule has 1 fully saturated rings. The van der Waals surface area contributed by atoms with Crippen LogP contribution in [0.3, 0.4) is 0 Å². The van der Waals surface area contributed by atoms with Crippen LogP contribution in [0.25, 0.3) is 0 Å². The van der Waals surface area contributed by atoms with Crippen molar-refractivity contribution in [3.05, 3.63) is 47.7 Å². The van der Waals surface area contributed by atoms with E-state index < -0.39 is 11.7 Å². The Morgan fingerprint density at radius 2 is 1.90 bits per heavy atom. The summed E-state index contributed by atoms with van der Waals surface area (Å²) in [6, 6.07) is 7.75. The van der Waals surface area contributed by atoms with Crippen molar-refractivity contribution in [3.8, 4) is 11.5 Å². The van der Waals surface area contributed by atoms with E-state index in [2.05, 4.69) is 10.3 Å². The first-order valence-corrected chi connectivity index (χ1v) is 9.58. The monoisotopic (exact) mass is 423 g/mol. The standard InChI is InChI=1S/C21H24F3N3O3/c1-29-17-5-3-14(18(12-17)30-2)11-20(28)26-16-7-9-27(10-8-16)19-6-4-15(13-25-19)21(22,23)24/h3-6,12-13,16H,7-11H2,1-2H3,(H,26,28). The molecule has 2 aromatic rings. The molecule has 1 saturated heterocycles. The Bertz CT molecular complexity index is 864. The number of nitrogens with one attached hydrogen (secondary N) is 1. The number of benzene rings is 1. The van der Waals surface area contributed by atoms with E-state index in [-0.39, 0.29) is 18.4 Å². The second-order valence-corrected chi connectivity index (χ2v) is 7.09. The average Bonchev–Trinajstić information content (AvgIpc) is 2.74. The number of ether oxygens (including phenoxy) is 2. The summed E-state index contributed by atoms with van der Waals surface area (Å²) in [5, 5.41) is 3.03. The second kappa shape index (κ2) is 9.23. The quantitative estimate of drug-likeness (QED) is 0.771. The lowest BCUT2D eigenvalue weighted by atomic mass is 10.0. The SMILES string of the molecule is COc1ccc(CC(=O)NC2CCN(c3ccc(C(F)(F)F)cn3)CC2)c(OC)c1. The molecule has 3 rings (SSSR count). The third kappa shape index (κ3) is 5.34. The summed E-state index contributed by atoms with van der Waals surface area (Å²) in [5.74, 6) is 1.65. The van der Waals surface area contributed by atoms with Gasteiger partial charge in [0, 0.05) is 37.0 Å². The minimum absolute atomic E-state index is 0.00689. The summed E-state index contributed by atoms with van der Waals surface area (Å²) in [7, 11) is 3.11. The largest absolute Gasteiger partial charge is 0.497 e. The van der Waals surface area contributed by atoms with Crippen LogP contribution in [0.4, 0.5) is 19.0 Å². The van der Waals surface area contributed by atoms with E-state index in [9.17, 15) is 18.0 Å². The zero-order valence-electron chi connectivity index (χ0n) is 16.8. The molecule has 30 heavy (non-hydrogen) atoms. The minimum Gasteiger partial charge on any atom is -0.497 e. The fourth-order valence-electron chi connectivity index (χ4n) is 3.44. The van der Waals surface area contributed by atoms with E-state index in [4.69, 9.17) is 9.47 Å². The molecule has 162 valence electrons. The van der Waals surface area contributed by atoms with E-state index in [0.29, 0.717) is 43.2 Å². The van der Waals surface area contributed by atoms with Gasteiger partial charge in [-0.15, -0.1) is 0 Å². The van der Waals surface area contributed by atoms with Crippen molar-refractivity contribution in [2.75, 3.05) is 32.2 Å². The normalized spacial score (nSPS) is 15.0. The van der Waals surface area contributed by atoms with Crippen LogP contribution < -0.4 is 19.7 Å². The van der Waals surface area contributed by atoms with Crippen LogP contribution in [0.15, 0.2) is 36.5 Å². The van der Waals surface area contributed by atoms with Gasteiger partial charge in [0.1, 0.15) is 17.3 Å². The zero-order valence-corrected chi connectivity index (χ0v) is 16.8. The maximum atomic E-state index is 12.7. The first kappa shape index (κ1) is 21.7.